The fraction of sp³-hybridized carbons (Fsp3) is 0.308. The van der Waals surface area contributed by atoms with E-state index < -0.39 is 34.5 Å². The molecule has 3 aromatic rings. The molecule has 0 saturated carbocycles. The Balaban J connectivity index is 1.42. The van der Waals surface area contributed by atoms with E-state index in [1.54, 1.807) is 54.9 Å². The van der Waals surface area contributed by atoms with E-state index >= 15 is 0 Å². The van der Waals surface area contributed by atoms with Crippen LogP contribution < -0.4 is 25.0 Å². The number of hydrogen-bond acceptors (Lipinski definition) is 9. The molecular formula is C26H30N6O6S. The number of methoxy groups -OCH3 is 1. The molecule has 0 radical (unpaired) electrons. The highest BCUT2D eigenvalue weighted by Crippen LogP contribution is 2.32. The van der Waals surface area contributed by atoms with E-state index in [0.29, 0.717) is 11.7 Å². The highest BCUT2D eigenvalue weighted by Gasteiger charge is 2.26. The number of benzene rings is 2. The smallest absolute Gasteiger partial charge is 0.306 e. The van der Waals surface area contributed by atoms with Crippen LogP contribution in [0, 0.1) is 0 Å². The summed E-state index contributed by atoms with van der Waals surface area (Å²) in [4.78, 5) is 34.9. The third kappa shape index (κ3) is 7.42. The van der Waals surface area contributed by atoms with E-state index in [1.807, 2.05) is 0 Å². The van der Waals surface area contributed by atoms with Gasteiger partial charge in [0, 0.05) is 37.1 Å². The third-order valence-electron chi connectivity index (χ3n) is 6.21. The van der Waals surface area contributed by atoms with Crippen LogP contribution >= 0.6 is 0 Å². The van der Waals surface area contributed by atoms with Crippen molar-refractivity contribution < 1.29 is 27.9 Å². The predicted octanol–water partition coefficient (Wildman–Crippen LogP) is 2.08. The molecular weight excluding hydrogens is 524 g/mol. The number of carbonyl (C=O) groups is 2. The number of piperidine rings is 1. The molecule has 1 atom stereocenters. The van der Waals surface area contributed by atoms with Gasteiger partial charge in [0.25, 0.3) is 5.91 Å². The van der Waals surface area contributed by atoms with Gasteiger partial charge in [-0.3, -0.25) is 9.59 Å². The van der Waals surface area contributed by atoms with Crippen LogP contribution in [0.3, 0.4) is 0 Å². The molecule has 1 fully saturated rings. The molecule has 12 nitrogen and oxygen atoms in total. The van der Waals surface area contributed by atoms with Crippen molar-refractivity contribution in [2.24, 2.45) is 0 Å². The molecule has 2 heterocycles. The zero-order valence-electron chi connectivity index (χ0n) is 21.3. The quantitative estimate of drug-likeness (QED) is 0.258. The van der Waals surface area contributed by atoms with Gasteiger partial charge in [-0.15, -0.1) is 0 Å². The number of nitrogens with one attached hydrogen (secondary N) is 3. The second-order valence-electron chi connectivity index (χ2n) is 8.92. The van der Waals surface area contributed by atoms with Crippen molar-refractivity contribution in [1.29, 1.82) is 0 Å². The summed E-state index contributed by atoms with van der Waals surface area (Å²) >= 11 is 0. The number of amides is 1. The monoisotopic (exact) mass is 554 g/mol. The van der Waals surface area contributed by atoms with Gasteiger partial charge in [0.2, 0.25) is 16.0 Å². The maximum atomic E-state index is 13.0. The van der Waals surface area contributed by atoms with Crippen molar-refractivity contribution in [3.05, 3.63) is 72.6 Å². The van der Waals surface area contributed by atoms with E-state index in [-0.39, 0.29) is 16.5 Å². The number of rotatable bonds is 11. The van der Waals surface area contributed by atoms with Crippen LogP contribution in [0.5, 0.6) is 5.75 Å². The molecule has 0 spiro atoms. The van der Waals surface area contributed by atoms with Crippen molar-refractivity contribution in [2.75, 3.05) is 30.4 Å². The van der Waals surface area contributed by atoms with Gasteiger partial charge in [-0.2, -0.15) is 4.72 Å². The molecule has 13 heteroatoms. The minimum Gasteiger partial charge on any atom is -0.495 e. The summed E-state index contributed by atoms with van der Waals surface area (Å²) < 4.78 is 33.2. The van der Waals surface area contributed by atoms with Crippen LogP contribution in [0.1, 0.15) is 29.6 Å². The van der Waals surface area contributed by atoms with E-state index in [1.165, 1.54) is 19.2 Å². The van der Waals surface area contributed by atoms with Crippen molar-refractivity contribution in [2.45, 2.75) is 36.4 Å². The first-order chi connectivity index (χ1) is 18.7. The molecule has 2 aromatic carbocycles. The van der Waals surface area contributed by atoms with Crippen LogP contribution in [0.4, 0.5) is 11.6 Å². The third-order valence-corrected chi connectivity index (χ3v) is 7.70. The molecule has 39 heavy (non-hydrogen) atoms. The number of hydrogen-bond donors (Lipinski definition) is 4. The van der Waals surface area contributed by atoms with Crippen LogP contribution in [0.25, 0.3) is 0 Å². The maximum absolute atomic E-state index is 13.0. The van der Waals surface area contributed by atoms with Gasteiger partial charge < -0.3 is 25.4 Å². The van der Waals surface area contributed by atoms with Gasteiger partial charge >= 0.3 is 5.97 Å². The molecule has 1 unspecified atom stereocenters. The lowest BCUT2D eigenvalue weighted by molar-refractivity contribution is -0.137. The average Bonchev–Trinajstić information content (AvgIpc) is 2.93. The number of carbonyl (C=O) groups excluding carboxylic acids is 1. The van der Waals surface area contributed by atoms with Gasteiger partial charge in [-0.25, -0.2) is 18.4 Å². The summed E-state index contributed by atoms with van der Waals surface area (Å²) in [5, 5.41) is 15.1. The molecule has 0 bridgehead atoms. The Bertz CT molecular complexity index is 1380. The summed E-state index contributed by atoms with van der Waals surface area (Å²) in [5.41, 5.74) is 1.01. The Morgan fingerprint density at radius 1 is 1.08 bits per heavy atom. The maximum Gasteiger partial charge on any atom is 0.306 e. The first kappa shape index (κ1) is 27.8. The second kappa shape index (κ2) is 12.5. The number of ether oxygens (including phenoxy) is 1. The Morgan fingerprint density at radius 2 is 1.77 bits per heavy atom. The SMILES string of the molecule is COc1cc(C(=O)NC(CC(=O)O)NS(=O)(=O)c2ccccc2)ccc1N1CCC(Nc2ncccn2)CC1. The summed E-state index contributed by atoms with van der Waals surface area (Å²) in [6, 6.07) is 14.4. The molecule has 1 aromatic heterocycles. The van der Waals surface area contributed by atoms with Gasteiger partial charge in [-0.1, -0.05) is 18.2 Å². The first-order valence-corrected chi connectivity index (χ1v) is 13.8. The van der Waals surface area contributed by atoms with E-state index in [0.717, 1.165) is 31.6 Å². The Morgan fingerprint density at radius 3 is 2.41 bits per heavy atom. The van der Waals surface area contributed by atoms with E-state index in [4.69, 9.17) is 4.74 Å². The molecule has 1 saturated heterocycles. The average molecular weight is 555 g/mol. The fourth-order valence-corrected chi connectivity index (χ4v) is 5.46. The number of nitrogens with zero attached hydrogens (tertiary/aromatic N) is 3. The first-order valence-electron chi connectivity index (χ1n) is 12.3. The molecule has 0 aliphatic carbocycles. The summed E-state index contributed by atoms with van der Waals surface area (Å²) in [6.07, 6.45) is 3.06. The lowest BCUT2D eigenvalue weighted by Crippen LogP contribution is -2.49. The summed E-state index contributed by atoms with van der Waals surface area (Å²) in [7, 11) is -2.56. The lowest BCUT2D eigenvalue weighted by atomic mass is 10.0. The summed E-state index contributed by atoms with van der Waals surface area (Å²) in [6.45, 7) is 1.49. The topological polar surface area (TPSA) is 163 Å². The van der Waals surface area contributed by atoms with Crippen molar-refractivity contribution in [3.8, 4) is 5.75 Å². The number of carboxylic acid groups (broad SMARTS) is 1. The predicted molar refractivity (Wildman–Crippen MR) is 144 cm³/mol. The molecule has 4 rings (SSSR count). The molecule has 1 amide bonds. The van der Waals surface area contributed by atoms with Crippen LogP contribution in [0.15, 0.2) is 71.9 Å². The van der Waals surface area contributed by atoms with E-state index in [2.05, 4.69) is 30.2 Å². The Kier molecular flexibility index (Phi) is 8.94. The zero-order chi connectivity index (χ0) is 27.8. The van der Waals surface area contributed by atoms with Gasteiger partial charge in [0.1, 0.15) is 11.9 Å². The number of aromatic nitrogens is 2. The van der Waals surface area contributed by atoms with Gasteiger partial charge in [0.15, 0.2) is 0 Å². The highest BCUT2D eigenvalue weighted by atomic mass is 32.2. The fourth-order valence-electron chi connectivity index (χ4n) is 4.29. The number of carboxylic acids is 1. The molecule has 1 aliphatic rings. The van der Waals surface area contributed by atoms with Crippen LogP contribution in [0.2, 0.25) is 0 Å². The number of anilines is 2. The minimum atomic E-state index is -4.06. The largest absolute Gasteiger partial charge is 0.495 e. The number of sulfonamides is 1. The molecule has 206 valence electrons. The molecule has 4 N–H and O–H groups in total. The van der Waals surface area contributed by atoms with Crippen molar-refractivity contribution in [1.82, 2.24) is 20.0 Å². The highest BCUT2D eigenvalue weighted by molar-refractivity contribution is 7.89. The second-order valence-corrected chi connectivity index (χ2v) is 10.6. The number of aliphatic carboxylic acids is 1. The van der Waals surface area contributed by atoms with Crippen molar-refractivity contribution >= 4 is 33.5 Å². The van der Waals surface area contributed by atoms with E-state index in [9.17, 15) is 23.1 Å². The molecule has 1 aliphatic heterocycles. The van der Waals surface area contributed by atoms with Crippen LogP contribution in [-0.2, 0) is 14.8 Å². The van der Waals surface area contributed by atoms with Gasteiger partial charge in [0.05, 0.1) is 24.1 Å². The van der Waals surface area contributed by atoms with Gasteiger partial charge in [-0.05, 0) is 49.2 Å². The standard InChI is InChI=1S/C26H30N6O6S/c1-38-22-16-18(8-9-21(22)32-14-10-19(11-15-32)29-26-27-12-5-13-28-26)25(35)30-23(17-24(33)34)31-39(36,37)20-6-3-2-4-7-20/h2-9,12-13,16,19,23,31H,10-11,14-15,17H2,1H3,(H,30,35)(H,33,34)(H,27,28,29). The normalized spacial score (nSPS) is 14.8. The minimum absolute atomic E-state index is 0.0454. The lowest BCUT2D eigenvalue weighted by Gasteiger charge is -2.34. The summed E-state index contributed by atoms with van der Waals surface area (Å²) in [5.74, 6) is -0.857. The van der Waals surface area contributed by atoms with Crippen LogP contribution in [-0.4, -0.2) is 67.8 Å². The van der Waals surface area contributed by atoms with Crippen molar-refractivity contribution in [3.63, 3.8) is 0 Å². The Labute approximate surface area is 226 Å². The zero-order valence-corrected chi connectivity index (χ0v) is 22.1. The Hall–Kier alpha value is -4.23.